The molecule has 0 saturated heterocycles. The molecule has 2 nitrogen and oxygen atoms in total. The molecule has 2 aromatic rings. The average molecular weight is 349 g/mol. The van der Waals surface area contributed by atoms with E-state index in [1.807, 2.05) is 60.7 Å². The van der Waals surface area contributed by atoms with E-state index in [0.29, 0.717) is 0 Å². The van der Waals surface area contributed by atoms with Crippen LogP contribution in [0.4, 0.5) is 0 Å². The molecule has 2 aromatic carbocycles. The summed E-state index contributed by atoms with van der Waals surface area (Å²) >= 11 is 0. The summed E-state index contributed by atoms with van der Waals surface area (Å²) in [6.45, 7) is 0. The molecule has 0 aliphatic heterocycles. The van der Waals surface area contributed by atoms with Crippen molar-refractivity contribution in [1.82, 2.24) is 0 Å². The second-order valence-electron chi connectivity index (χ2n) is 3.05. The van der Waals surface area contributed by atoms with E-state index in [-0.39, 0.29) is 20.4 Å². The van der Waals surface area contributed by atoms with Gasteiger partial charge >= 0.3 is 0 Å². The van der Waals surface area contributed by atoms with E-state index in [0.717, 1.165) is 0 Å². The minimum Gasteiger partial charge on any atom is -0.668 e. The Morgan fingerprint density at radius 2 is 0.737 bits per heavy atom. The van der Waals surface area contributed by atoms with Gasteiger partial charge in [-0.15, -0.1) is 0 Å². The molecule has 0 aliphatic carbocycles. The summed E-state index contributed by atoms with van der Waals surface area (Å²) in [6, 6.07) is 25.0. The summed E-state index contributed by atoms with van der Waals surface area (Å²) in [5, 5.41) is 7.00. The zero-order valence-electron chi connectivity index (χ0n) is 12.0. The van der Waals surface area contributed by atoms with Crippen molar-refractivity contribution in [3.05, 3.63) is 83.4 Å². The molecule has 0 amide bonds. The zero-order chi connectivity index (χ0) is 13.9. The molecule has 0 aliphatic rings. The molecule has 0 spiro atoms. The molecule has 0 unspecified atom stereocenters. The molecule has 3 heteroatoms. The van der Waals surface area contributed by atoms with Gasteiger partial charge in [-0.2, -0.15) is 101 Å². The van der Waals surface area contributed by atoms with Crippen LogP contribution < -0.4 is 0 Å². The minimum atomic E-state index is 0. The molecule has 19 heavy (non-hydrogen) atoms. The van der Waals surface area contributed by atoms with E-state index in [4.69, 9.17) is 0 Å². The Hall–Kier alpha value is -0.978. The van der Waals surface area contributed by atoms with Gasteiger partial charge in [0, 0.05) is 20.4 Å². The predicted octanol–water partition coefficient (Wildman–Crippen LogP) is 4.21. The van der Waals surface area contributed by atoms with Gasteiger partial charge in [-0.3, -0.25) is 0 Å². The third kappa shape index (κ3) is 31.6. The first-order valence-corrected chi connectivity index (χ1v) is 5.61. The number of rotatable bonds is 0. The molecular weight excluding hydrogens is 327 g/mol. The van der Waals surface area contributed by atoms with Gasteiger partial charge in [-0.1, -0.05) is 0 Å². The average Bonchev–Trinajstić information content (AvgIpc) is 2.45. The molecule has 0 aromatic heterocycles. The first-order valence-electron chi connectivity index (χ1n) is 5.61. The van der Waals surface area contributed by atoms with Gasteiger partial charge in [0.2, 0.25) is 0 Å². The van der Waals surface area contributed by atoms with Gasteiger partial charge in [0.05, 0.1) is 0 Å². The van der Waals surface area contributed by atoms with Crippen LogP contribution in [0.1, 0.15) is 0 Å². The first-order chi connectivity index (χ1) is 8.83. The maximum absolute atomic E-state index is 3.50. The third-order valence-corrected chi connectivity index (χ3v) is 1.21. The van der Waals surface area contributed by atoms with Crippen molar-refractivity contribution in [2.24, 2.45) is 0 Å². The van der Waals surface area contributed by atoms with Gasteiger partial charge in [-0.05, 0) is 0 Å². The number of benzene rings is 2. The Kier molecular flexibility index (Phi) is 31.4. The second-order valence-corrected chi connectivity index (χ2v) is 3.05. The smallest absolute Gasteiger partial charge is 0 e. The quantitative estimate of drug-likeness (QED) is 0.504. The fourth-order valence-corrected chi connectivity index (χ4v) is 0.684. The SMILES string of the molecule is C[N-]C.C[N-]C.[Pd].[c-]1ccccc1.[c-]1ccccc1. The Balaban J connectivity index is -0.000000188. The summed E-state index contributed by atoms with van der Waals surface area (Å²) in [4.78, 5) is 0. The topological polar surface area (TPSA) is 28.2 Å². The van der Waals surface area contributed by atoms with Crippen LogP contribution in [0.25, 0.3) is 10.6 Å². The van der Waals surface area contributed by atoms with Gasteiger partial charge in [0.1, 0.15) is 0 Å². The van der Waals surface area contributed by atoms with Crippen LogP contribution in [0.3, 0.4) is 0 Å². The Morgan fingerprint density at radius 1 is 0.526 bits per heavy atom. The molecule has 0 heterocycles. The van der Waals surface area contributed by atoms with Crippen molar-refractivity contribution < 1.29 is 20.4 Å². The minimum absolute atomic E-state index is 0. The van der Waals surface area contributed by atoms with E-state index >= 15 is 0 Å². The standard InChI is InChI=1S/2C6H5.2C2H6N.Pd/c2*1-2-4-6-5-3-1;2*1-3-2;/h2*1-5H;2*1-2H3;/q4*-1;. The molecule has 2 rings (SSSR count). The summed E-state index contributed by atoms with van der Waals surface area (Å²) in [7, 11) is 7.00. The van der Waals surface area contributed by atoms with Crippen molar-refractivity contribution in [1.29, 1.82) is 0 Å². The van der Waals surface area contributed by atoms with Crippen molar-refractivity contribution in [2.45, 2.75) is 0 Å². The second kappa shape index (κ2) is 25.8. The zero-order valence-corrected chi connectivity index (χ0v) is 13.5. The predicted molar refractivity (Wildman–Crippen MR) is 81.0 cm³/mol. The maximum Gasteiger partial charge on any atom is 0 e. The molecular formula is C16H22N2Pd-4. The fraction of sp³-hybridized carbons (Fsp3) is 0.250. The summed E-state index contributed by atoms with van der Waals surface area (Å²) in [6.07, 6.45) is 0. The van der Waals surface area contributed by atoms with Crippen LogP contribution in [0, 0.1) is 12.1 Å². The van der Waals surface area contributed by atoms with E-state index in [9.17, 15) is 0 Å². The van der Waals surface area contributed by atoms with Crippen LogP contribution in [0.15, 0.2) is 60.7 Å². The van der Waals surface area contributed by atoms with Crippen LogP contribution in [0.2, 0.25) is 0 Å². The first kappa shape index (κ1) is 23.1. The maximum atomic E-state index is 3.50. The van der Waals surface area contributed by atoms with Gasteiger partial charge in [0.25, 0.3) is 0 Å². The number of hydrogen-bond acceptors (Lipinski definition) is 0. The van der Waals surface area contributed by atoms with Crippen molar-refractivity contribution in [3.8, 4) is 0 Å². The van der Waals surface area contributed by atoms with E-state index < -0.39 is 0 Å². The largest absolute Gasteiger partial charge is 0.668 e. The number of nitrogens with zero attached hydrogens (tertiary/aromatic N) is 2. The molecule has 0 fully saturated rings. The summed E-state index contributed by atoms with van der Waals surface area (Å²) in [5.74, 6) is 0. The normalized spacial score (nSPS) is 6.95. The third-order valence-electron chi connectivity index (χ3n) is 1.21. The summed E-state index contributed by atoms with van der Waals surface area (Å²) < 4.78 is 0. The van der Waals surface area contributed by atoms with E-state index in [1.54, 1.807) is 28.2 Å². The van der Waals surface area contributed by atoms with Crippen LogP contribution in [0.5, 0.6) is 0 Å². The Bertz CT molecular complexity index is 214. The van der Waals surface area contributed by atoms with E-state index in [1.165, 1.54) is 0 Å². The number of hydrogen-bond donors (Lipinski definition) is 0. The Labute approximate surface area is 132 Å². The monoisotopic (exact) mass is 348 g/mol. The van der Waals surface area contributed by atoms with Crippen molar-refractivity contribution in [3.63, 3.8) is 0 Å². The van der Waals surface area contributed by atoms with E-state index in [2.05, 4.69) is 22.8 Å². The van der Waals surface area contributed by atoms with Gasteiger partial charge in [-0.25, -0.2) is 0 Å². The molecule has 110 valence electrons. The molecule has 0 atom stereocenters. The fourth-order valence-electron chi connectivity index (χ4n) is 0.684. The van der Waals surface area contributed by atoms with Crippen LogP contribution in [-0.2, 0) is 20.4 Å². The van der Waals surface area contributed by atoms with Crippen LogP contribution in [-0.4, -0.2) is 28.2 Å². The molecule has 0 saturated carbocycles. The Morgan fingerprint density at radius 3 is 0.789 bits per heavy atom. The summed E-state index contributed by atoms with van der Waals surface area (Å²) in [5.41, 5.74) is 0. The van der Waals surface area contributed by atoms with Gasteiger partial charge < -0.3 is 10.6 Å². The van der Waals surface area contributed by atoms with Gasteiger partial charge in [0.15, 0.2) is 0 Å². The van der Waals surface area contributed by atoms with Crippen molar-refractivity contribution in [2.75, 3.05) is 28.2 Å². The van der Waals surface area contributed by atoms with Crippen LogP contribution >= 0.6 is 0 Å². The van der Waals surface area contributed by atoms with Crippen molar-refractivity contribution >= 4 is 0 Å². The molecule has 0 N–H and O–H groups in total. The molecule has 0 radical (unpaired) electrons. The molecule has 0 bridgehead atoms.